The minimum Gasteiger partial charge on any atom is -0.377 e. The van der Waals surface area contributed by atoms with Gasteiger partial charge in [-0.25, -0.2) is 0 Å². The lowest BCUT2D eigenvalue weighted by Crippen LogP contribution is -1.76. The highest BCUT2D eigenvalue weighted by molar-refractivity contribution is 6.15. The van der Waals surface area contributed by atoms with Crippen LogP contribution in [0.3, 0.4) is 0 Å². The average molecular weight is 193 g/mol. The van der Waals surface area contributed by atoms with Crippen molar-refractivity contribution < 1.29 is 7.05 Å². The van der Waals surface area contributed by atoms with Crippen molar-refractivity contribution >= 4 is 16.1 Å². The average Bonchev–Trinajstić information content (AvgIpc) is 2.06. The van der Waals surface area contributed by atoms with Crippen LogP contribution in [0, 0.1) is 6.92 Å². The number of hydrogen-bond donors (Lipinski definition) is 0. The van der Waals surface area contributed by atoms with Crippen molar-refractivity contribution in [3.8, 4) is 0 Å². The lowest BCUT2D eigenvalue weighted by molar-refractivity contribution is 0.611. The summed E-state index contributed by atoms with van der Waals surface area (Å²) in [6.45, 7) is 6.05. The van der Waals surface area contributed by atoms with Crippen LogP contribution in [0.1, 0.15) is 51.9 Å². The van der Waals surface area contributed by atoms with E-state index in [1.165, 1.54) is 38.5 Å². The molecular formula is C9H20AlF2. The van der Waals surface area contributed by atoms with Crippen LogP contribution in [-0.4, -0.2) is 16.1 Å². The van der Waals surface area contributed by atoms with Gasteiger partial charge in [-0.2, -0.15) is 0 Å². The second-order valence-electron chi connectivity index (χ2n) is 2.72. The second kappa shape index (κ2) is 17.5. The maximum absolute atomic E-state index is 9.76. The summed E-state index contributed by atoms with van der Waals surface area (Å²) < 4.78 is 19.5. The Kier molecular flexibility index (Phi) is 21.7. The largest absolute Gasteiger partial charge is 0.732 e. The summed E-state index contributed by atoms with van der Waals surface area (Å²) in [7, 11) is 0. The Morgan fingerprint density at radius 3 is 1.83 bits per heavy atom. The van der Waals surface area contributed by atoms with Gasteiger partial charge in [0, 0.05) is 0 Å². The Bertz CT molecular complexity index is 54.5. The quantitative estimate of drug-likeness (QED) is 0.445. The van der Waals surface area contributed by atoms with Crippen LogP contribution in [0.2, 0.25) is 0 Å². The predicted molar refractivity (Wildman–Crippen MR) is 52.7 cm³/mol. The Balaban J connectivity index is 0. The smallest absolute Gasteiger partial charge is 0.377 e. The van der Waals surface area contributed by atoms with Gasteiger partial charge in [-0.05, 0) is 0 Å². The molecule has 0 heterocycles. The van der Waals surface area contributed by atoms with Gasteiger partial charge in [0.25, 0.3) is 0 Å². The first-order chi connectivity index (χ1) is 5.83. The van der Waals surface area contributed by atoms with Crippen LogP contribution < -0.4 is 0 Å². The SMILES string of the molecule is [CH2]CCCCCCCC.[F][AlH][F]. The van der Waals surface area contributed by atoms with Gasteiger partial charge >= 0.3 is 16.1 Å². The lowest BCUT2D eigenvalue weighted by atomic mass is 10.1. The molecule has 0 rings (SSSR count). The maximum Gasteiger partial charge on any atom is 0.732 e. The van der Waals surface area contributed by atoms with Gasteiger partial charge in [0.1, 0.15) is 0 Å². The van der Waals surface area contributed by atoms with Crippen LogP contribution in [0.25, 0.3) is 0 Å². The highest BCUT2D eigenvalue weighted by atomic mass is 27.2. The van der Waals surface area contributed by atoms with Crippen molar-refractivity contribution in [3.05, 3.63) is 6.92 Å². The molecular weight excluding hydrogens is 173 g/mol. The van der Waals surface area contributed by atoms with E-state index in [-0.39, 0.29) is 0 Å². The zero-order chi connectivity index (χ0) is 9.66. The number of halogens is 2. The lowest BCUT2D eigenvalue weighted by Gasteiger charge is -1.95. The van der Waals surface area contributed by atoms with E-state index in [1.807, 2.05) is 0 Å². The van der Waals surface area contributed by atoms with Gasteiger partial charge in [-0.15, -0.1) is 0 Å². The fourth-order valence-electron chi connectivity index (χ4n) is 0.957. The van der Waals surface area contributed by atoms with Crippen LogP contribution >= 0.6 is 0 Å². The summed E-state index contributed by atoms with van der Waals surface area (Å²) in [5.74, 6) is 0. The third kappa shape index (κ3) is 22.4. The molecule has 0 N–H and O–H groups in total. The van der Waals surface area contributed by atoms with Crippen LogP contribution in [-0.2, 0) is 0 Å². The Hall–Kier alpha value is 0.392. The molecule has 3 heteroatoms. The molecule has 0 nitrogen and oxygen atoms in total. The van der Waals surface area contributed by atoms with Gasteiger partial charge in [0.2, 0.25) is 0 Å². The number of rotatable bonds is 6. The van der Waals surface area contributed by atoms with E-state index in [2.05, 4.69) is 13.8 Å². The molecule has 0 amide bonds. The van der Waals surface area contributed by atoms with Crippen molar-refractivity contribution in [1.29, 1.82) is 0 Å². The maximum atomic E-state index is 9.76. The minimum atomic E-state index is -2.58. The van der Waals surface area contributed by atoms with Gasteiger partial charge in [-0.3, -0.25) is 0 Å². The zero-order valence-corrected chi connectivity index (χ0v) is 9.53. The third-order valence-electron chi connectivity index (χ3n) is 1.60. The first-order valence-electron chi connectivity index (χ1n) is 4.74. The number of unbranched alkanes of at least 4 members (excludes halogenated alkanes) is 6. The van der Waals surface area contributed by atoms with Crippen molar-refractivity contribution in [2.45, 2.75) is 51.9 Å². The summed E-state index contributed by atoms with van der Waals surface area (Å²) in [6, 6.07) is 0. The van der Waals surface area contributed by atoms with E-state index in [9.17, 15) is 7.05 Å². The molecule has 1 radical (unpaired) electrons. The summed E-state index contributed by atoms with van der Waals surface area (Å²) in [4.78, 5) is 0. The molecule has 0 bridgehead atoms. The fourth-order valence-corrected chi connectivity index (χ4v) is 0.957. The zero-order valence-electron chi connectivity index (χ0n) is 8.12. The van der Waals surface area contributed by atoms with E-state index in [1.54, 1.807) is 0 Å². The highest BCUT2D eigenvalue weighted by Crippen LogP contribution is 2.05. The van der Waals surface area contributed by atoms with E-state index in [0.717, 1.165) is 6.42 Å². The van der Waals surface area contributed by atoms with Crippen LogP contribution in [0.15, 0.2) is 0 Å². The Morgan fingerprint density at radius 2 is 1.42 bits per heavy atom. The Labute approximate surface area is 82.4 Å². The van der Waals surface area contributed by atoms with Crippen molar-refractivity contribution in [2.24, 2.45) is 0 Å². The van der Waals surface area contributed by atoms with E-state index in [0.29, 0.717) is 0 Å². The Morgan fingerprint density at radius 1 is 1.00 bits per heavy atom. The van der Waals surface area contributed by atoms with Crippen LogP contribution in [0.4, 0.5) is 7.05 Å². The van der Waals surface area contributed by atoms with E-state index in [4.69, 9.17) is 0 Å². The molecule has 0 aromatic rings. The standard InChI is InChI=1S/C9H19.Al.2FH.H/c1-3-5-7-9-8-6-4-2;;;;/h1,3-9H2,2H3;;2*1H;/q;+2;;;/p-2. The minimum absolute atomic E-state index is 1.12. The molecule has 0 atom stereocenters. The monoisotopic (exact) mass is 193 g/mol. The summed E-state index contributed by atoms with van der Waals surface area (Å²) >= 11 is -2.58. The molecule has 73 valence electrons. The molecule has 0 saturated carbocycles. The first-order valence-corrected chi connectivity index (χ1v) is 5.81. The summed E-state index contributed by atoms with van der Waals surface area (Å²) in [5, 5.41) is 0. The summed E-state index contributed by atoms with van der Waals surface area (Å²) in [5.41, 5.74) is 0. The van der Waals surface area contributed by atoms with Crippen molar-refractivity contribution in [2.75, 3.05) is 0 Å². The van der Waals surface area contributed by atoms with Gasteiger partial charge in [0.15, 0.2) is 0 Å². The normalized spacial score (nSPS) is 8.67. The molecule has 0 saturated heterocycles. The van der Waals surface area contributed by atoms with Gasteiger partial charge < -0.3 is 7.05 Å². The van der Waals surface area contributed by atoms with Gasteiger partial charge in [-0.1, -0.05) is 58.8 Å². The molecule has 0 aliphatic heterocycles. The topological polar surface area (TPSA) is 0 Å². The van der Waals surface area contributed by atoms with Crippen LogP contribution in [0.5, 0.6) is 0 Å². The first kappa shape index (κ1) is 14.9. The molecule has 0 aromatic heterocycles. The second-order valence-corrected chi connectivity index (χ2v) is 2.92. The molecule has 0 fully saturated rings. The molecule has 0 aliphatic carbocycles. The van der Waals surface area contributed by atoms with Crippen molar-refractivity contribution in [1.82, 2.24) is 0 Å². The number of hydrogen-bond acceptors (Lipinski definition) is 0. The molecule has 0 unspecified atom stereocenters. The summed E-state index contributed by atoms with van der Waals surface area (Å²) in [6.07, 6.45) is 9.45. The predicted octanol–water partition coefficient (Wildman–Crippen LogP) is 3.76. The highest BCUT2D eigenvalue weighted by Gasteiger charge is 1.85. The van der Waals surface area contributed by atoms with E-state index >= 15 is 0 Å². The molecule has 0 aromatic carbocycles. The van der Waals surface area contributed by atoms with E-state index < -0.39 is 16.1 Å². The molecule has 12 heavy (non-hydrogen) atoms. The molecule has 0 aliphatic rings. The van der Waals surface area contributed by atoms with Crippen molar-refractivity contribution in [3.63, 3.8) is 0 Å². The van der Waals surface area contributed by atoms with Gasteiger partial charge in [0.05, 0.1) is 0 Å². The third-order valence-corrected chi connectivity index (χ3v) is 1.60. The fraction of sp³-hybridized carbons (Fsp3) is 0.889. The molecule has 0 spiro atoms.